The molecule has 0 aromatic heterocycles. The number of hydrogen-bond acceptors (Lipinski definition) is 2. The zero-order valence-corrected chi connectivity index (χ0v) is 10.1. The third-order valence-corrected chi connectivity index (χ3v) is 5.95. The summed E-state index contributed by atoms with van der Waals surface area (Å²) in [6, 6.07) is 9.44. The van der Waals surface area contributed by atoms with E-state index in [0.717, 1.165) is 17.9 Å². The highest BCUT2D eigenvalue weighted by atomic mass is 31.2. The highest BCUT2D eigenvalue weighted by Crippen LogP contribution is 2.47. The molecule has 0 fully saturated rings. The molecule has 0 bridgehead atoms. The average molecular weight is 221 g/mol. The molecular weight excluding hydrogens is 205 g/mol. The van der Waals surface area contributed by atoms with Gasteiger partial charge in [-0.15, -0.1) is 0 Å². The monoisotopic (exact) mass is 221 g/mol. The van der Waals surface area contributed by atoms with Crippen molar-refractivity contribution in [1.29, 1.82) is 5.26 Å². The lowest BCUT2D eigenvalue weighted by Gasteiger charge is -2.13. The average Bonchev–Trinajstić information content (AvgIpc) is 2.30. The first-order chi connectivity index (χ1) is 7.13. The molecule has 0 N–H and O–H groups in total. The molecule has 15 heavy (non-hydrogen) atoms. The van der Waals surface area contributed by atoms with E-state index in [-0.39, 0.29) is 0 Å². The van der Waals surface area contributed by atoms with Crippen molar-refractivity contribution in [2.24, 2.45) is 0 Å². The Morgan fingerprint density at radius 1 is 1.20 bits per heavy atom. The van der Waals surface area contributed by atoms with Crippen molar-refractivity contribution in [1.82, 2.24) is 0 Å². The van der Waals surface area contributed by atoms with Gasteiger partial charge >= 0.3 is 0 Å². The smallest absolute Gasteiger partial charge is 0.0991 e. The lowest BCUT2D eigenvalue weighted by Crippen LogP contribution is -1.94. The van der Waals surface area contributed by atoms with Gasteiger partial charge in [-0.1, -0.05) is 26.0 Å². The summed E-state index contributed by atoms with van der Waals surface area (Å²) in [7, 11) is -2.01. The first-order valence-electron chi connectivity index (χ1n) is 5.19. The molecule has 80 valence electrons. The zero-order chi connectivity index (χ0) is 11.3. The van der Waals surface area contributed by atoms with Gasteiger partial charge in [-0.25, -0.2) is 0 Å². The summed E-state index contributed by atoms with van der Waals surface area (Å²) in [6.45, 7) is 3.96. The van der Waals surface area contributed by atoms with Crippen LogP contribution in [0.15, 0.2) is 24.3 Å². The van der Waals surface area contributed by atoms with Gasteiger partial charge < -0.3 is 4.57 Å². The van der Waals surface area contributed by atoms with Crippen LogP contribution in [-0.4, -0.2) is 12.3 Å². The molecule has 0 aliphatic carbocycles. The summed E-state index contributed by atoms with van der Waals surface area (Å²) in [5.74, 6) is 0. The van der Waals surface area contributed by atoms with E-state index < -0.39 is 7.14 Å². The van der Waals surface area contributed by atoms with Crippen LogP contribution in [0.2, 0.25) is 0 Å². The number of nitrogens with zero attached hydrogens (tertiary/aromatic N) is 1. The van der Waals surface area contributed by atoms with Gasteiger partial charge in [0.25, 0.3) is 0 Å². The van der Waals surface area contributed by atoms with Crippen LogP contribution in [0.5, 0.6) is 0 Å². The van der Waals surface area contributed by atoms with Crippen LogP contribution >= 0.6 is 7.14 Å². The van der Waals surface area contributed by atoms with E-state index in [4.69, 9.17) is 5.26 Å². The highest BCUT2D eigenvalue weighted by Gasteiger charge is 2.17. The molecule has 0 unspecified atom stereocenters. The Morgan fingerprint density at radius 2 is 1.73 bits per heavy atom. The lowest BCUT2D eigenvalue weighted by molar-refractivity contribution is 0.575. The summed E-state index contributed by atoms with van der Waals surface area (Å²) < 4.78 is 12.2. The second-order valence-electron chi connectivity index (χ2n) is 3.66. The van der Waals surface area contributed by atoms with Crippen LogP contribution in [0.3, 0.4) is 0 Å². The normalized spacial score (nSPS) is 11.0. The van der Waals surface area contributed by atoms with Crippen molar-refractivity contribution in [3.63, 3.8) is 0 Å². The van der Waals surface area contributed by atoms with E-state index in [2.05, 4.69) is 6.07 Å². The molecule has 0 saturated carbocycles. The van der Waals surface area contributed by atoms with Crippen molar-refractivity contribution >= 4 is 7.14 Å². The van der Waals surface area contributed by atoms with Crippen molar-refractivity contribution in [2.75, 3.05) is 12.3 Å². The summed E-state index contributed by atoms with van der Waals surface area (Å²) in [4.78, 5) is 0. The Morgan fingerprint density at radius 3 is 2.13 bits per heavy atom. The number of hydrogen-bond donors (Lipinski definition) is 0. The summed E-state index contributed by atoms with van der Waals surface area (Å²) in [5.41, 5.74) is 1.72. The summed E-state index contributed by atoms with van der Waals surface area (Å²) in [6.07, 6.45) is 2.17. The quantitative estimate of drug-likeness (QED) is 0.730. The molecule has 0 spiro atoms. The van der Waals surface area contributed by atoms with Crippen LogP contribution in [0.25, 0.3) is 0 Å². The van der Waals surface area contributed by atoms with Crippen molar-refractivity contribution in [2.45, 2.75) is 20.0 Å². The fraction of sp³-hybridized carbons (Fsp3) is 0.417. The van der Waals surface area contributed by atoms with E-state index in [0.29, 0.717) is 11.7 Å². The molecule has 0 aliphatic heterocycles. The van der Waals surface area contributed by atoms with Gasteiger partial charge in [-0.2, -0.15) is 5.26 Å². The summed E-state index contributed by atoms with van der Waals surface area (Å²) >= 11 is 0. The maximum Gasteiger partial charge on any atom is 0.0991 e. The Labute approximate surface area is 91.3 Å². The third-order valence-electron chi connectivity index (χ3n) is 2.71. The van der Waals surface area contributed by atoms with Crippen LogP contribution < -0.4 is 0 Å². The van der Waals surface area contributed by atoms with E-state index in [1.165, 1.54) is 0 Å². The largest absolute Gasteiger partial charge is 0.323 e. The molecule has 0 heterocycles. The number of rotatable bonds is 4. The van der Waals surface area contributed by atoms with E-state index in [1.807, 2.05) is 26.0 Å². The molecule has 2 nitrogen and oxygen atoms in total. The second-order valence-corrected chi connectivity index (χ2v) is 7.35. The van der Waals surface area contributed by atoms with Crippen molar-refractivity contribution < 1.29 is 4.57 Å². The Balaban J connectivity index is 2.82. The predicted molar refractivity (Wildman–Crippen MR) is 63.5 cm³/mol. The van der Waals surface area contributed by atoms with Gasteiger partial charge in [0.2, 0.25) is 0 Å². The van der Waals surface area contributed by atoms with Gasteiger partial charge in [-0.3, -0.25) is 0 Å². The second kappa shape index (κ2) is 5.14. The SMILES string of the molecule is CCP(=O)(CC)Cc1ccc(C#N)cc1. The van der Waals surface area contributed by atoms with Gasteiger partial charge in [0.15, 0.2) is 0 Å². The highest BCUT2D eigenvalue weighted by molar-refractivity contribution is 7.63. The Bertz CT molecular complexity index is 395. The van der Waals surface area contributed by atoms with Gasteiger partial charge in [0, 0.05) is 6.16 Å². The molecule has 1 aromatic rings. The molecule has 0 atom stereocenters. The standard InChI is InChI=1S/C12H16NOP/c1-3-15(14,4-2)10-12-7-5-11(9-13)6-8-12/h5-8H,3-4,10H2,1-2H3. The molecule has 0 saturated heterocycles. The topological polar surface area (TPSA) is 40.9 Å². The molecular formula is C12H16NOP. The fourth-order valence-electron chi connectivity index (χ4n) is 1.46. The lowest BCUT2D eigenvalue weighted by atomic mass is 10.2. The van der Waals surface area contributed by atoms with Gasteiger partial charge in [-0.05, 0) is 30.0 Å². The maximum absolute atomic E-state index is 12.2. The minimum absolute atomic E-state index is 0.654. The maximum atomic E-state index is 12.2. The Kier molecular flexibility index (Phi) is 4.12. The molecule has 0 amide bonds. The van der Waals surface area contributed by atoms with E-state index in [9.17, 15) is 4.57 Å². The first kappa shape index (κ1) is 12.0. The Hall–Kier alpha value is -1.06. The van der Waals surface area contributed by atoms with Crippen LogP contribution in [0.4, 0.5) is 0 Å². The molecule has 3 heteroatoms. The third kappa shape index (κ3) is 3.22. The fourth-order valence-corrected chi connectivity index (χ4v) is 3.24. The molecule has 0 aliphatic rings. The number of nitriles is 1. The predicted octanol–water partition coefficient (Wildman–Crippen LogP) is 3.46. The minimum atomic E-state index is -2.01. The zero-order valence-electron chi connectivity index (χ0n) is 9.23. The van der Waals surface area contributed by atoms with Crippen LogP contribution in [0.1, 0.15) is 25.0 Å². The molecule has 0 radical (unpaired) electrons. The van der Waals surface area contributed by atoms with Crippen molar-refractivity contribution in [3.8, 4) is 6.07 Å². The van der Waals surface area contributed by atoms with Crippen LogP contribution in [-0.2, 0) is 10.7 Å². The van der Waals surface area contributed by atoms with Crippen molar-refractivity contribution in [3.05, 3.63) is 35.4 Å². The molecule has 1 rings (SSSR count). The first-order valence-corrected chi connectivity index (χ1v) is 7.46. The van der Waals surface area contributed by atoms with E-state index >= 15 is 0 Å². The summed E-state index contributed by atoms with van der Waals surface area (Å²) in [5, 5.41) is 8.65. The number of benzene rings is 1. The van der Waals surface area contributed by atoms with Gasteiger partial charge in [0.05, 0.1) is 18.8 Å². The van der Waals surface area contributed by atoms with Crippen LogP contribution in [0, 0.1) is 11.3 Å². The molecule has 1 aromatic carbocycles. The minimum Gasteiger partial charge on any atom is -0.323 e. The van der Waals surface area contributed by atoms with E-state index in [1.54, 1.807) is 12.1 Å². The van der Waals surface area contributed by atoms with Gasteiger partial charge in [0.1, 0.15) is 0 Å².